The average molecular weight is 287 g/mol. The van der Waals surface area contributed by atoms with Crippen LogP contribution in [-0.2, 0) is 0 Å². The smallest absolute Gasteiger partial charge is 0.165 e. The molecule has 0 aliphatic carbocycles. The van der Waals surface area contributed by atoms with Crippen LogP contribution in [0, 0.1) is 0 Å². The van der Waals surface area contributed by atoms with Crippen molar-refractivity contribution in [3.63, 3.8) is 0 Å². The quantitative estimate of drug-likeness (QED) is 0.720. The number of fused-ring (bicyclic) bond motifs is 1. The van der Waals surface area contributed by atoms with Crippen molar-refractivity contribution in [1.29, 1.82) is 0 Å². The van der Waals surface area contributed by atoms with Gasteiger partial charge in [-0.1, -0.05) is 0 Å². The van der Waals surface area contributed by atoms with Crippen LogP contribution in [0.1, 0.15) is 18.2 Å². The van der Waals surface area contributed by atoms with Gasteiger partial charge in [-0.25, -0.2) is 9.97 Å². The maximum absolute atomic E-state index is 4.84. The minimum absolute atomic E-state index is 0.557. The van der Waals surface area contributed by atoms with Crippen LogP contribution >= 0.6 is 23.1 Å². The Kier molecular flexibility index (Phi) is 2.81. The molecule has 3 aromatic heterocycles. The van der Waals surface area contributed by atoms with E-state index in [-0.39, 0.29) is 0 Å². The lowest BCUT2D eigenvalue weighted by atomic mass is 10.1. The van der Waals surface area contributed by atoms with Crippen molar-refractivity contribution in [3.8, 4) is 5.00 Å². The maximum Gasteiger partial charge on any atom is 0.165 e. The fraction of sp³-hybridized carbons (Fsp3) is 0.286. The van der Waals surface area contributed by atoms with E-state index in [1.807, 2.05) is 24.0 Å². The molecule has 19 heavy (non-hydrogen) atoms. The maximum atomic E-state index is 4.84. The zero-order valence-corrected chi connectivity index (χ0v) is 12.0. The summed E-state index contributed by atoms with van der Waals surface area (Å²) in [6.07, 6.45) is 3.07. The standard InChI is InChI=1S/C14H13N3S2/c1-3-11-14(15-6-1)17(12-4-2-7-19-12)13(16-11)10-5-8-18-9-10/h1-4,6-7,10H,5,8-9H2. The normalized spacial score (nSPS) is 19.3. The topological polar surface area (TPSA) is 30.7 Å². The minimum atomic E-state index is 0.557. The Labute approximate surface area is 119 Å². The molecule has 0 amide bonds. The summed E-state index contributed by atoms with van der Waals surface area (Å²) in [5, 5.41) is 3.32. The van der Waals surface area contributed by atoms with Crippen molar-refractivity contribution in [2.45, 2.75) is 12.3 Å². The largest absolute Gasteiger partial charge is 0.271 e. The van der Waals surface area contributed by atoms with Gasteiger partial charge in [0.25, 0.3) is 0 Å². The van der Waals surface area contributed by atoms with Crippen molar-refractivity contribution in [2.75, 3.05) is 11.5 Å². The summed E-state index contributed by atoms with van der Waals surface area (Å²) in [6.45, 7) is 0. The lowest BCUT2D eigenvalue weighted by Gasteiger charge is -2.10. The van der Waals surface area contributed by atoms with Gasteiger partial charge in [0.15, 0.2) is 5.65 Å². The van der Waals surface area contributed by atoms with Crippen molar-refractivity contribution >= 4 is 34.3 Å². The van der Waals surface area contributed by atoms with E-state index in [1.165, 1.54) is 28.8 Å². The van der Waals surface area contributed by atoms with E-state index in [0.29, 0.717) is 5.92 Å². The molecule has 1 saturated heterocycles. The SMILES string of the molecule is c1csc(-n2c(C3CCSC3)nc3cccnc32)c1. The highest BCUT2D eigenvalue weighted by Gasteiger charge is 2.25. The molecule has 0 spiro atoms. The lowest BCUT2D eigenvalue weighted by molar-refractivity contribution is 0.707. The van der Waals surface area contributed by atoms with E-state index in [2.05, 4.69) is 33.1 Å². The van der Waals surface area contributed by atoms with Crippen LogP contribution in [0.2, 0.25) is 0 Å². The first-order chi connectivity index (χ1) is 9.43. The van der Waals surface area contributed by atoms with E-state index in [4.69, 9.17) is 4.98 Å². The summed E-state index contributed by atoms with van der Waals surface area (Å²) < 4.78 is 2.25. The molecule has 1 aliphatic heterocycles. The van der Waals surface area contributed by atoms with Gasteiger partial charge in [0.05, 0.1) is 0 Å². The van der Waals surface area contributed by atoms with Gasteiger partial charge in [-0.15, -0.1) is 11.3 Å². The van der Waals surface area contributed by atoms with E-state index in [9.17, 15) is 0 Å². The second-order valence-electron chi connectivity index (χ2n) is 4.66. The number of pyridine rings is 1. The van der Waals surface area contributed by atoms with Crippen LogP contribution in [0.5, 0.6) is 0 Å². The molecule has 0 radical (unpaired) electrons. The van der Waals surface area contributed by atoms with E-state index >= 15 is 0 Å². The molecular weight excluding hydrogens is 274 g/mol. The molecule has 4 rings (SSSR count). The van der Waals surface area contributed by atoms with Gasteiger partial charge in [0.2, 0.25) is 0 Å². The van der Waals surface area contributed by atoms with Gasteiger partial charge in [-0.2, -0.15) is 11.8 Å². The van der Waals surface area contributed by atoms with Crippen LogP contribution < -0.4 is 0 Å². The second kappa shape index (κ2) is 4.65. The number of thioether (sulfide) groups is 1. The lowest BCUT2D eigenvalue weighted by Crippen LogP contribution is -2.06. The molecule has 1 aliphatic rings. The van der Waals surface area contributed by atoms with E-state index in [0.717, 1.165) is 11.2 Å². The number of imidazole rings is 1. The molecule has 0 bridgehead atoms. The van der Waals surface area contributed by atoms with Gasteiger partial charge < -0.3 is 0 Å². The Hall–Kier alpha value is -1.33. The molecule has 3 aromatic rings. The van der Waals surface area contributed by atoms with Crippen LogP contribution in [0.15, 0.2) is 35.8 Å². The zero-order valence-electron chi connectivity index (χ0n) is 10.3. The number of hydrogen-bond donors (Lipinski definition) is 0. The van der Waals surface area contributed by atoms with Crippen molar-refractivity contribution in [2.24, 2.45) is 0 Å². The number of thiophene rings is 1. The predicted octanol–water partition coefficient (Wildman–Crippen LogP) is 3.70. The molecule has 4 heterocycles. The van der Waals surface area contributed by atoms with Gasteiger partial charge >= 0.3 is 0 Å². The van der Waals surface area contributed by atoms with Crippen LogP contribution in [0.4, 0.5) is 0 Å². The summed E-state index contributed by atoms with van der Waals surface area (Å²) in [5.41, 5.74) is 1.99. The summed E-state index contributed by atoms with van der Waals surface area (Å²) in [4.78, 5) is 9.37. The first kappa shape index (κ1) is 11.5. The van der Waals surface area contributed by atoms with Gasteiger partial charge in [-0.05, 0) is 41.8 Å². The zero-order chi connectivity index (χ0) is 12.7. The Morgan fingerprint density at radius 2 is 2.26 bits per heavy atom. The Morgan fingerprint density at radius 1 is 1.26 bits per heavy atom. The molecule has 1 fully saturated rings. The Bertz CT molecular complexity index is 697. The van der Waals surface area contributed by atoms with Gasteiger partial charge in [-0.3, -0.25) is 4.57 Å². The molecule has 1 unspecified atom stereocenters. The third kappa shape index (κ3) is 1.88. The monoisotopic (exact) mass is 287 g/mol. The van der Waals surface area contributed by atoms with Gasteiger partial charge in [0, 0.05) is 17.9 Å². The van der Waals surface area contributed by atoms with Crippen LogP contribution in [0.25, 0.3) is 16.2 Å². The molecule has 96 valence electrons. The fourth-order valence-corrected chi connectivity index (χ4v) is 4.51. The highest BCUT2D eigenvalue weighted by molar-refractivity contribution is 7.99. The molecular formula is C14H13N3S2. The van der Waals surface area contributed by atoms with E-state index in [1.54, 1.807) is 11.3 Å². The number of hydrogen-bond acceptors (Lipinski definition) is 4. The highest BCUT2D eigenvalue weighted by Crippen LogP contribution is 2.35. The minimum Gasteiger partial charge on any atom is -0.271 e. The van der Waals surface area contributed by atoms with Crippen molar-refractivity contribution < 1.29 is 0 Å². The average Bonchev–Trinajstić information content (AvgIpc) is 3.17. The van der Waals surface area contributed by atoms with Crippen LogP contribution in [-0.4, -0.2) is 26.0 Å². The predicted molar refractivity (Wildman–Crippen MR) is 81.4 cm³/mol. The molecule has 1 atom stereocenters. The van der Waals surface area contributed by atoms with E-state index < -0.39 is 0 Å². The fourth-order valence-electron chi connectivity index (χ4n) is 2.56. The first-order valence-electron chi connectivity index (χ1n) is 6.38. The highest BCUT2D eigenvalue weighted by atomic mass is 32.2. The molecule has 0 saturated carbocycles. The van der Waals surface area contributed by atoms with Crippen molar-refractivity contribution in [3.05, 3.63) is 41.7 Å². The van der Waals surface area contributed by atoms with Crippen molar-refractivity contribution in [1.82, 2.24) is 14.5 Å². The summed E-state index contributed by atoms with van der Waals surface area (Å²) in [7, 11) is 0. The number of rotatable bonds is 2. The molecule has 5 heteroatoms. The molecule has 0 aromatic carbocycles. The Balaban J connectivity index is 1.98. The van der Waals surface area contributed by atoms with Gasteiger partial charge in [0.1, 0.15) is 16.3 Å². The third-order valence-corrected chi connectivity index (χ3v) is 5.48. The number of nitrogens with zero attached hydrogens (tertiary/aromatic N) is 3. The molecule has 3 nitrogen and oxygen atoms in total. The molecule has 0 N–H and O–H groups in total. The Morgan fingerprint density at radius 3 is 3.05 bits per heavy atom. The second-order valence-corrected chi connectivity index (χ2v) is 6.74. The first-order valence-corrected chi connectivity index (χ1v) is 8.42. The van der Waals surface area contributed by atoms with Crippen LogP contribution in [0.3, 0.4) is 0 Å². The summed E-state index contributed by atoms with van der Waals surface area (Å²) >= 11 is 3.77. The summed E-state index contributed by atoms with van der Waals surface area (Å²) in [6, 6.07) is 8.24. The number of aromatic nitrogens is 3. The third-order valence-electron chi connectivity index (χ3n) is 3.46. The summed E-state index contributed by atoms with van der Waals surface area (Å²) in [5.74, 6) is 4.16.